The molecule has 0 bridgehead atoms. The number of halogens is 1. The van der Waals surface area contributed by atoms with E-state index in [0.29, 0.717) is 13.0 Å². The number of hydrogen-bond donors (Lipinski definition) is 0. The van der Waals surface area contributed by atoms with Crippen molar-refractivity contribution < 1.29 is 9.18 Å². The smallest absolute Gasteiger partial charge is 0.227 e. The van der Waals surface area contributed by atoms with Crippen LogP contribution in [-0.4, -0.2) is 17.4 Å². The van der Waals surface area contributed by atoms with Crippen LogP contribution in [0.4, 0.5) is 10.1 Å². The van der Waals surface area contributed by atoms with Crippen molar-refractivity contribution >= 4 is 11.6 Å². The Balaban J connectivity index is 1.73. The van der Waals surface area contributed by atoms with Gasteiger partial charge in [0.15, 0.2) is 0 Å². The van der Waals surface area contributed by atoms with Crippen molar-refractivity contribution in [3.63, 3.8) is 0 Å². The van der Waals surface area contributed by atoms with Crippen LogP contribution in [0.15, 0.2) is 42.7 Å². The van der Waals surface area contributed by atoms with Crippen LogP contribution < -0.4 is 4.90 Å². The largest absolute Gasteiger partial charge is 0.312 e. The third-order valence-electron chi connectivity index (χ3n) is 3.99. The first-order chi connectivity index (χ1) is 10.1. The predicted octanol–water partition coefficient (Wildman–Crippen LogP) is 3.30. The molecule has 108 valence electrons. The number of aromatic nitrogens is 1. The van der Waals surface area contributed by atoms with E-state index in [4.69, 9.17) is 0 Å². The third-order valence-corrected chi connectivity index (χ3v) is 3.99. The van der Waals surface area contributed by atoms with E-state index in [-0.39, 0.29) is 17.6 Å². The van der Waals surface area contributed by atoms with Crippen LogP contribution in [0.5, 0.6) is 0 Å². The number of hydrogen-bond acceptors (Lipinski definition) is 2. The number of pyridine rings is 1. The topological polar surface area (TPSA) is 33.2 Å². The molecule has 21 heavy (non-hydrogen) atoms. The normalized spacial score (nSPS) is 14.9. The SMILES string of the molecule is CC(CC(=O)N1CCc2cc(F)ccc21)c1ccncc1. The molecule has 0 N–H and O–H groups in total. The van der Waals surface area contributed by atoms with Crippen molar-refractivity contribution in [2.24, 2.45) is 0 Å². The number of nitrogens with zero attached hydrogens (tertiary/aromatic N) is 2. The van der Waals surface area contributed by atoms with Crippen molar-refractivity contribution in [3.05, 3.63) is 59.7 Å². The highest BCUT2D eigenvalue weighted by Gasteiger charge is 2.26. The maximum Gasteiger partial charge on any atom is 0.227 e. The van der Waals surface area contributed by atoms with Gasteiger partial charge in [-0.3, -0.25) is 9.78 Å². The van der Waals surface area contributed by atoms with E-state index in [9.17, 15) is 9.18 Å². The van der Waals surface area contributed by atoms with Gasteiger partial charge in [0.05, 0.1) is 0 Å². The van der Waals surface area contributed by atoms with Gasteiger partial charge in [-0.2, -0.15) is 0 Å². The highest BCUT2D eigenvalue weighted by molar-refractivity contribution is 5.95. The summed E-state index contributed by atoms with van der Waals surface area (Å²) in [4.78, 5) is 18.3. The van der Waals surface area contributed by atoms with Gasteiger partial charge in [0.1, 0.15) is 5.82 Å². The summed E-state index contributed by atoms with van der Waals surface area (Å²) in [6, 6.07) is 8.51. The summed E-state index contributed by atoms with van der Waals surface area (Å²) in [5.74, 6) is -0.0112. The molecule has 0 saturated carbocycles. The molecule has 1 unspecified atom stereocenters. The first-order valence-electron chi connectivity index (χ1n) is 7.14. The van der Waals surface area contributed by atoms with E-state index < -0.39 is 0 Å². The van der Waals surface area contributed by atoms with Crippen molar-refractivity contribution in [1.82, 2.24) is 4.98 Å². The van der Waals surface area contributed by atoms with Crippen molar-refractivity contribution in [2.75, 3.05) is 11.4 Å². The number of carbonyl (C=O) groups is 1. The fourth-order valence-corrected chi connectivity index (χ4v) is 2.81. The highest BCUT2D eigenvalue weighted by Crippen LogP contribution is 2.30. The average Bonchev–Trinajstić information content (AvgIpc) is 2.91. The monoisotopic (exact) mass is 284 g/mol. The molecular formula is C17H17FN2O. The summed E-state index contributed by atoms with van der Waals surface area (Å²) in [5, 5.41) is 0. The Morgan fingerprint density at radius 2 is 2.10 bits per heavy atom. The number of anilines is 1. The molecule has 1 atom stereocenters. The molecule has 0 fully saturated rings. The Morgan fingerprint density at radius 3 is 2.86 bits per heavy atom. The molecular weight excluding hydrogens is 267 g/mol. The highest BCUT2D eigenvalue weighted by atomic mass is 19.1. The van der Waals surface area contributed by atoms with Crippen LogP contribution in [-0.2, 0) is 11.2 Å². The molecule has 0 saturated heterocycles. The van der Waals surface area contributed by atoms with Gasteiger partial charge >= 0.3 is 0 Å². The average molecular weight is 284 g/mol. The standard InChI is InChI=1S/C17H17FN2O/c1-12(13-4-7-19-8-5-13)10-17(21)20-9-6-14-11-15(18)2-3-16(14)20/h2-5,7-8,11-12H,6,9-10H2,1H3. The second-order valence-corrected chi connectivity index (χ2v) is 5.45. The summed E-state index contributed by atoms with van der Waals surface area (Å²) >= 11 is 0. The Morgan fingerprint density at radius 1 is 1.33 bits per heavy atom. The lowest BCUT2D eigenvalue weighted by Gasteiger charge is -2.20. The van der Waals surface area contributed by atoms with E-state index in [1.807, 2.05) is 19.1 Å². The first-order valence-corrected chi connectivity index (χ1v) is 7.14. The summed E-state index contributed by atoms with van der Waals surface area (Å²) in [6.45, 7) is 2.68. The Kier molecular flexibility index (Phi) is 3.69. The zero-order valence-electron chi connectivity index (χ0n) is 11.9. The second-order valence-electron chi connectivity index (χ2n) is 5.45. The van der Waals surface area contributed by atoms with Crippen LogP contribution in [0, 0.1) is 5.82 Å². The lowest BCUT2D eigenvalue weighted by atomic mass is 9.98. The zero-order valence-corrected chi connectivity index (χ0v) is 11.9. The number of fused-ring (bicyclic) bond motifs is 1. The van der Waals surface area contributed by atoms with Crippen molar-refractivity contribution in [3.8, 4) is 0 Å². The zero-order chi connectivity index (χ0) is 14.8. The summed E-state index contributed by atoms with van der Waals surface area (Å²) < 4.78 is 13.2. The van der Waals surface area contributed by atoms with Crippen LogP contribution in [0.25, 0.3) is 0 Å². The predicted molar refractivity (Wildman–Crippen MR) is 79.7 cm³/mol. The fraction of sp³-hybridized carbons (Fsp3) is 0.294. The van der Waals surface area contributed by atoms with Gasteiger partial charge in [0, 0.05) is 31.0 Å². The number of rotatable bonds is 3. The van der Waals surface area contributed by atoms with Crippen molar-refractivity contribution in [2.45, 2.75) is 25.7 Å². The molecule has 3 rings (SSSR count). The van der Waals surface area contributed by atoms with Crippen LogP contribution in [0.2, 0.25) is 0 Å². The molecule has 1 aliphatic heterocycles. The van der Waals surface area contributed by atoms with E-state index in [1.54, 1.807) is 23.4 Å². The molecule has 1 aromatic carbocycles. The van der Waals surface area contributed by atoms with Gasteiger partial charge < -0.3 is 4.90 Å². The molecule has 2 aromatic rings. The first kappa shape index (κ1) is 13.7. The van der Waals surface area contributed by atoms with Crippen LogP contribution in [0.3, 0.4) is 0 Å². The Bertz CT molecular complexity index is 657. The molecule has 1 aromatic heterocycles. The maximum atomic E-state index is 13.2. The minimum Gasteiger partial charge on any atom is -0.312 e. The Labute approximate surface area is 123 Å². The molecule has 2 heterocycles. The van der Waals surface area contributed by atoms with Gasteiger partial charge in [-0.1, -0.05) is 6.92 Å². The van der Waals surface area contributed by atoms with Gasteiger partial charge in [0.25, 0.3) is 0 Å². The minimum atomic E-state index is -0.242. The summed E-state index contributed by atoms with van der Waals surface area (Å²) in [7, 11) is 0. The minimum absolute atomic E-state index is 0.0877. The molecule has 1 amide bonds. The maximum absolute atomic E-state index is 13.2. The number of carbonyl (C=O) groups excluding carboxylic acids is 1. The fourth-order valence-electron chi connectivity index (χ4n) is 2.81. The molecule has 0 aliphatic carbocycles. The summed E-state index contributed by atoms with van der Waals surface area (Å²) in [6.07, 6.45) is 4.65. The Hall–Kier alpha value is -2.23. The van der Waals surface area contributed by atoms with Crippen molar-refractivity contribution in [1.29, 1.82) is 0 Å². The van der Waals surface area contributed by atoms with Crippen LogP contribution in [0.1, 0.15) is 30.4 Å². The number of amides is 1. The third kappa shape index (κ3) is 2.79. The van der Waals surface area contributed by atoms with Gasteiger partial charge in [-0.15, -0.1) is 0 Å². The van der Waals surface area contributed by atoms with Gasteiger partial charge in [-0.25, -0.2) is 4.39 Å². The molecule has 1 aliphatic rings. The van der Waals surface area contributed by atoms with E-state index in [1.165, 1.54) is 12.1 Å². The lowest BCUT2D eigenvalue weighted by Crippen LogP contribution is -2.29. The second kappa shape index (κ2) is 5.64. The molecule has 0 spiro atoms. The lowest BCUT2D eigenvalue weighted by molar-refractivity contribution is -0.118. The van der Waals surface area contributed by atoms with E-state index in [0.717, 1.165) is 23.2 Å². The van der Waals surface area contributed by atoms with Crippen LogP contribution >= 0.6 is 0 Å². The number of benzene rings is 1. The van der Waals surface area contributed by atoms with Gasteiger partial charge in [0.2, 0.25) is 5.91 Å². The van der Waals surface area contributed by atoms with E-state index >= 15 is 0 Å². The van der Waals surface area contributed by atoms with Gasteiger partial charge in [-0.05, 0) is 53.8 Å². The molecule has 3 nitrogen and oxygen atoms in total. The molecule has 4 heteroatoms. The quantitative estimate of drug-likeness (QED) is 0.866. The molecule has 0 radical (unpaired) electrons. The van der Waals surface area contributed by atoms with E-state index in [2.05, 4.69) is 4.98 Å². The summed E-state index contributed by atoms with van der Waals surface area (Å²) in [5.41, 5.74) is 2.88.